The molecule has 11 heteroatoms. The number of hydrogen-bond acceptors (Lipinski definition) is 10. The molecule has 0 aliphatic carbocycles. The fourth-order valence-electron chi connectivity index (χ4n) is 3.74. The molecule has 0 saturated carbocycles. The third kappa shape index (κ3) is 5.11. The van der Waals surface area contributed by atoms with Gasteiger partial charge >= 0.3 is 17.6 Å². The Morgan fingerprint density at radius 2 is 1.85 bits per heavy atom. The summed E-state index contributed by atoms with van der Waals surface area (Å²) >= 11 is 0. The summed E-state index contributed by atoms with van der Waals surface area (Å²) in [6.45, 7) is 6.95. The molecular formula is C23H27N3O8. The second kappa shape index (κ2) is 9.53. The van der Waals surface area contributed by atoms with Gasteiger partial charge in [-0.3, -0.25) is 9.36 Å². The van der Waals surface area contributed by atoms with Crippen molar-refractivity contribution in [3.8, 4) is 0 Å². The van der Waals surface area contributed by atoms with Crippen molar-refractivity contribution in [1.82, 2.24) is 9.55 Å². The number of hydrogen-bond donors (Lipinski definition) is 1. The first-order chi connectivity index (χ1) is 16.1. The van der Waals surface area contributed by atoms with E-state index in [-0.39, 0.29) is 24.3 Å². The van der Waals surface area contributed by atoms with Gasteiger partial charge in [-0.1, -0.05) is 32.0 Å². The predicted molar refractivity (Wildman–Crippen MR) is 118 cm³/mol. The second-order valence-electron chi connectivity index (χ2n) is 8.77. The molecule has 2 fully saturated rings. The molecule has 0 spiro atoms. The number of ether oxygens (including phenoxy) is 4. The lowest BCUT2D eigenvalue weighted by Crippen LogP contribution is -2.35. The highest BCUT2D eigenvalue weighted by atomic mass is 16.8. The fourth-order valence-corrected chi connectivity index (χ4v) is 3.74. The van der Waals surface area contributed by atoms with Gasteiger partial charge in [0.15, 0.2) is 17.8 Å². The van der Waals surface area contributed by atoms with Crippen molar-refractivity contribution in [3.63, 3.8) is 0 Å². The Balaban J connectivity index is 1.46. The Hall–Kier alpha value is -3.28. The zero-order chi connectivity index (χ0) is 24.5. The van der Waals surface area contributed by atoms with Crippen LogP contribution in [-0.2, 0) is 28.6 Å². The fraction of sp³-hybridized carbons (Fsp3) is 0.478. The van der Waals surface area contributed by atoms with Gasteiger partial charge in [-0.05, 0) is 26.0 Å². The molecule has 3 heterocycles. The molecule has 2 aromatic rings. The first-order valence-electron chi connectivity index (χ1n) is 10.9. The van der Waals surface area contributed by atoms with Crippen LogP contribution in [0, 0.1) is 5.92 Å². The minimum absolute atomic E-state index is 0.0363. The zero-order valence-corrected chi connectivity index (χ0v) is 19.3. The van der Waals surface area contributed by atoms with Gasteiger partial charge in [0.05, 0.1) is 11.5 Å². The van der Waals surface area contributed by atoms with Crippen LogP contribution in [0.2, 0.25) is 0 Å². The van der Waals surface area contributed by atoms with E-state index in [4.69, 9.17) is 23.8 Å². The van der Waals surface area contributed by atoms with Crippen LogP contribution in [0.5, 0.6) is 0 Å². The standard InChI is InChI=1S/C23H27N3O8/c1-13(2)20(27)30-12-15-17-18(33-23(3,4)32-17)19(31-15)26-11-10-16(24-22(26)29)25-34-21(28)14-8-6-5-7-9-14/h5-11,13,15,17-19H,12H2,1-4H3,(H,24,25,29)/t15-,17-,18-,19-/m1/s1. The van der Waals surface area contributed by atoms with Gasteiger partial charge in [-0.25, -0.2) is 9.59 Å². The summed E-state index contributed by atoms with van der Waals surface area (Å²) in [6, 6.07) is 9.86. The average Bonchev–Trinajstić information content (AvgIpc) is 3.29. The van der Waals surface area contributed by atoms with Crippen molar-refractivity contribution in [1.29, 1.82) is 0 Å². The molecule has 0 amide bonds. The van der Waals surface area contributed by atoms with Crippen molar-refractivity contribution in [2.75, 3.05) is 12.1 Å². The minimum Gasteiger partial charge on any atom is -0.463 e. The molecule has 0 bridgehead atoms. The van der Waals surface area contributed by atoms with E-state index in [0.29, 0.717) is 5.56 Å². The molecule has 2 aliphatic rings. The maximum absolute atomic E-state index is 12.8. The molecule has 1 N–H and O–H groups in total. The topological polar surface area (TPSA) is 127 Å². The van der Waals surface area contributed by atoms with E-state index in [1.807, 2.05) is 0 Å². The summed E-state index contributed by atoms with van der Waals surface area (Å²) in [5, 5.41) is 0. The Kier molecular flexibility index (Phi) is 6.69. The van der Waals surface area contributed by atoms with E-state index in [1.54, 1.807) is 58.0 Å². The number of rotatable bonds is 7. The Morgan fingerprint density at radius 1 is 1.15 bits per heavy atom. The molecule has 4 atom stereocenters. The molecular weight excluding hydrogens is 446 g/mol. The largest absolute Gasteiger partial charge is 0.463 e. The molecule has 1 aromatic heterocycles. The lowest BCUT2D eigenvalue weighted by molar-refractivity contribution is -0.203. The summed E-state index contributed by atoms with van der Waals surface area (Å²) in [7, 11) is 0. The highest BCUT2D eigenvalue weighted by Crippen LogP contribution is 2.42. The van der Waals surface area contributed by atoms with Crippen LogP contribution in [0.4, 0.5) is 5.82 Å². The van der Waals surface area contributed by atoms with E-state index in [0.717, 1.165) is 0 Å². The number of nitrogens with zero attached hydrogens (tertiary/aromatic N) is 2. The molecule has 0 unspecified atom stereocenters. The highest BCUT2D eigenvalue weighted by Gasteiger charge is 2.56. The smallest absolute Gasteiger partial charge is 0.362 e. The van der Waals surface area contributed by atoms with Gasteiger partial charge in [0.2, 0.25) is 0 Å². The van der Waals surface area contributed by atoms with E-state index in [2.05, 4.69) is 10.5 Å². The number of esters is 1. The van der Waals surface area contributed by atoms with Crippen molar-refractivity contribution in [2.45, 2.75) is 58.0 Å². The molecule has 0 radical (unpaired) electrons. The molecule has 2 saturated heterocycles. The summed E-state index contributed by atoms with van der Waals surface area (Å²) in [6.07, 6.45) is -1.19. The van der Waals surface area contributed by atoms with Crippen LogP contribution < -0.4 is 11.2 Å². The predicted octanol–water partition coefficient (Wildman–Crippen LogP) is 2.04. The lowest BCUT2D eigenvalue weighted by atomic mass is 10.1. The molecule has 34 heavy (non-hydrogen) atoms. The third-order valence-electron chi connectivity index (χ3n) is 5.35. The molecule has 11 nitrogen and oxygen atoms in total. The van der Waals surface area contributed by atoms with E-state index in [9.17, 15) is 14.4 Å². The van der Waals surface area contributed by atoms with Crippen molar-refractivity contribution >= 4 is 17.8 Å². The maximum Gasteiger partial charge on any atom is 0.362 e. The minimum atomic E-state index is -0.901. The number of benzene rings is 1. The molecule has 4 rings (SSSR count). The van der Waals surface area contributed by atoms with Crippen LogP contribution in [0.3, 0.4) is 0 Å². The number of nitrogens with one attached hydrogen (secondary N) is 1. The summed E-state index contributed by atoms with van der Waals surface area (Å²) in [4.78, 5) is 45.6. The first kappa shape index (κ1) is 23.9. The van der Waals surface area contributed by atoms with E-state index < -0.39 is 42.0 Å². The van der Waals surface area contributed by atoms with Gasteiger partial charge in [-0.2, -0.15) is 10.5 Å². The summed E-state index contributed by atoms with van der Waals surface area (Å²) in [5.41, 5.74) is 2.08. The van der Waals surface area contributed by atoms with Gasteiger partial charge in [0.1, 0.15) is 24.9 Å². The zero-order valence-electron chi connectivity index (χ0n) is 19.3. The molecule has 1 aromatic carbocycles. The van der Waals surface area contributed by atoms with E-state index in [1.165, 1.54) is 16.8 Å². The van der Waals surface area contributed by atoms with Crippen LogP contribution in [0.25, 0.3) is 0 Å². The van der Waals surface area contributed by atoms with E-state index >= 15 is 0 Å². The van der Waals surface area contributed by atoms with Crippen LogP contribution >= 0.6 is 0 Å². The normalized spacial score (nSPS) is 25.1. The summed E-state index contributed by atoms with van der Waals surface area (Å²) in [5.74, 6) is -2.12. The van der Waals surface area contributed by atoms with Gasteiger partial charge in [-0.15, -0.1) is 0 Å². The SMILES string of the molecule is CC(C)C(=O)OC[C@H]1O[C@@H](n2ccc(NOC(=O)c3ccccc3)nc2=O)[C@@H]2OC(C)(C)O[C@@H]21. The quantitative estimate of drug-likeness (QED) is 0.471. The first-order valence-corrected chi connectivity index (χ1v) is 10.9. The Bertz CT molecular complexity index is 1100. The van der Waals surface area contributed by atoms with Crippen LogP contribution in [0.1, 0.15) is 44.3 Å². The molecule has 182 valence electrons. The second-order valence-corrected chi connectivity index (χ2v) is 8.77. The third-order valence-corrected chi connectivity index (χ3v) is 5.35. The number of carbonyl (C=O) groups is 2. The van der Waals surface area contributed by atoms with Crippen LogP contribution in [-0.4, -0.2) is 52.2 Å². The van der Waals surface area contributed by atoms with Gasteiger partial charge in [0, 0.05) is 12.3 Å². The number of fused-ring (bicyclic) bond motifs is 1. The van der Waals surface area contributed by atoms with Crippen LogP contribution in [0.15, 0.2) is 47.4 Å². The van der Waals surface area contributed by atoms with Crippen molar-refractivity contribution in [3.05, 3.63) is 58.6 Å². The van der Waals surface area contributed by atoms with Crippen molar-refractivity contribution in [2.24, 2.45) is 5.92 Å². The molecule has 2 aliphatic heterocycles. The number of carbonyl (C=O) groups excluding carboxylic acids is 2. The lowest BCUT2D eigenvalue weighted by Gasteiger charge is -2.25. The average molecular weight is 473 g/mol. The van der Waals surface area contributed by atoms with Gasteiger partial charge < -0.3 is 23.8 Å². The monoisotopic (exact) mass is 473 g/mol. The Morgan fingerprint density at radius 3 is 2.53 bits per heavy atom. The maximum atomic E-state index is 12.8. The Labute approximate surface area is 195 Å². The van der Waals surface area contributed by atoms with Gasteiger partial charge in [0.25, 0.3) is 0 Å². The summed E-state index contributed by atoms with van der Waals surface area (Å²) < 4.78 is 24.5. The highest BCUT2D eigenvalue weighted by molar-refractivity contribution is 5.89. The van der Waals surface area contributed by atoms with Crippen molar-refractivity contribution < 1.29 is 33.4 Å². The number of anilines is 1. The number of aromatic nitrogens is 2.